The zero-order chi connectivity index (χ0) is 25.8. The summed E-state index contributed by atoms with van der Waals surface area (Å²) in [5, 5.41) is 12.8. The predicted molar refractivity (Wildman–Crippen MR) is 117 cm³/mol. The number of aliphatic hydroxyl groups is 1. The van der Waals surface area contributed by atoms with E-state index in [1.807, 2.05) is 13.8 Å². The summed E-state index contributed by atoms with van der Waals surface area (Å²) in [6, 6.07) is 2.18. The first-order chi connectivity index (χ1) is 16.2. The minimum absolute atomic E-state index is 0.0484. The van der Waals surface area contributed by atoms with Crippen LogP contribution in [-0.4, -0.2) is 40.1 Å². The Labute approximate surface area is 201 Å². The van der Waals surface area contributed by atoms with Gasteiger partial charge in [-0.2, -0.15) is 26.3 Å². The van der Waals surface area contributed by atoms with E-state index in [1.165, 1.54) is 0 Å². The van der Waals surface area contributed by atoms with Crippen molar-refractivity contribution in [1.29, 1.82) is 0 Å². The van der Waals surface area contributed by atoms with Crippen molar-refractivity contribution in [2.45, 2.75) is 102 Å². The zero-order valence-corrected chi connectivity index (χ0v) is 19.8. The van der Waals surface area contributed by atoms with E-state index < -0.39 is 35.4 Å². The molecule has 10 heteroatoms. The first kappa shape index (κ1) is 26.3. The molecule has 1 aromatic carbocycles. The average molecular weight is 507 g/mol. The number of benzene rings is 1. The molecule has 3 aliphatic rings. The maximum absolute atomic E-state index is 13.4. The highest BCUT2D eigenvalue weighted by molar-refractivity contribution is 5.83. The Hall–Kier alpha value is -1.81. The fourth-order valence-corrected chi connectivity index (χ4v) is 6.56. The largest absolute Gasteiger partial charge is 0.416 e. The number of fused-ring (bicyclic) bond motifs is 2. The molecule has 0 radical (unpaired) electrons. The summed E-state index contributed by atoms with van der Waals surface area (Å²) in [7, 11) is 0. The number of nitrogens with one attached hydrogen (secondary N) is 1. The van der Waals surface area contributed by atoms with Gasteiger partial charge in [0.25, 0.3) is 0 Å². The van der Waals surface area contributed by atoms with Crippen molar-refractivity contribution in [3.05, 3.63) is 34.9 Å². The average Bonchev–Trinajstić information content (AvgIpc) is 3.30. The smallest absolute Gasteiger partial charge is 0.393 e. The molecule has 35 heavy (non-hydrogen) atoms. The molecular formula is C25H32F6N2O2. The highest BCUT2D eigenvalue weighted by Gasteiger charge is 2.52. The molecule has 4 atom stereocenters. The minimum atomic E-state index is -4.93. The monoisotopic (exact) mass is 506 g/mol. The number of piperidine rings is 1. The highest BCUT2D eigenvalue weighted by atomic mass is 19.4. The lowest BCUT2D eigenvalue weighted by Gasteiger charge is -2.42. The standard InChI is InChI=1S/C25H32F6N2O2/c1-14(2)23(6-5-20(12-23)33-18-3-4-19(33)11-21(34)10-18)22(35)32-13-15-7-16(24(26,27)28)9-17(8-15)25(29,30)31/h7-9,14,18-21,34H,3-6,10-13H2,1-2H3,(H,32,35). The molecule has 1 amide bonds. The van der Waals surface area contributed by atoms with Crippen molar-refractivity contribution in [1.82, 2.24) is 10.2 Å². The maximum atomic E-state index is 13.4. The van der Waals surface area contributed by atoms with Gasteiger partial charge < -0.3 is 10.4 Å². The summed E-state index contributed by atoms with van der Waals surface area (Å²) in [6.45, 7) is 3.46. The minimum Gasteiger partial charge on any atom is -0.393 e. The van der Waals surface area contributed by atoms with E-state index >= 15 is 0 Å². The third-order valence-electron chi connectivity index (χ3n) is 8.37. The van der Waals surface area contributed by atoms with Crippen molar-refractivity contribution >= 4 is 5.91 Å². The molecule has 2 saturated heterocycles. The van der Waals surface area contributed by atoms with E-state index in [0.717, 1.165) is 32.1 Å². The Morgan fingerprint density at radius 1 is 1.00 bits per heavy atom. The van der Waals surface area contributed by atoms with Gasteiger partial charge in [-0.15, -0.1) is 0 Å². The molecule has 0 spiro atoms. The van der Waals surface area contributed by atoms with E-state index in [-0.39, 0.29) is 35.6 Å². The summed E-state index contributed by atoms with van der Waals surface area (Å²) in [4.78, 5) is 15.9. The SMILES string of the molecule is CC(C)C1(C(=O)NCc2cc(C(F)(F)F)cc(C(F)(F)F)c2)CCC(N2C3CCC2CC(O)C3)C1. The number of rotatable bonds is 5. The lowest BCUT2D eigenvalue weighted by molar-refractivity contribution is -0.143. The molecule has 2 aliphatic heterocycles. The van der Waals surface area contributed by atoms with Crippen molar-refractivity contribution in [3.63, 3.8) is 0 Å². The quantitative estimate of drug-likeness (QED) is 0.517. The number of carbonyl (C=O) groups is 1. The number of aliphatic hydroxyl groups excluding tert-OH is 1. The van der Waals surface area contributed by atoms with Crippen molar-refractivity contribution in [2.75, 3.05) is 0 Å². The summed E-state index contributed by atoms with van der Waals surface area (Å²) in [6.07, 6.45) is -4.65. The molecule has 4 unspecified atom stereocenters. The highest BCUT2D eigenvalue weighted by Crippen LogP contribution is 2.50. The predicted octanol–water partition coefficient (Wildman–Crippen LogP) is 5.52. The molecule has 2 N–H and O–H groups in total. The Morgan fingerprint density at radius 2 is 1.54 bits per heavy atom. The molecule has 1 aromatic rings. The van der Waals surface area contributed by atoms with Gasteiger partial charge in [0.15, 0.2) is 0 Å². The number of amides is 1. The van der Waals surface area contributed by atoms with Crippen molar-refractivity contribution in [2.24, 2.45) is 11.3 Å². The zero-order valence-electron chi connectivity index (χ0n) is 19.8. The van der Waals surface area contributed by atoms with Crippen LogP contribution in [-0.2, 0) is 23.7 Å². The summed E-state index contributed by atoms with van der Waals surface area (Å²) in [5.41, 5.74) is -3.76. The Morgan fingerprint density at radius 3 is 2.03 bits per heavy atom. The van der Waals surface area contributed by atoms with Crippen LogP contribution in [0.2, 0.25) is 0 Å². The van der Waals surface area contributed by atoms with Crippen LogP contribution in [0.3, 0.4) is 0 Å². The van der Waals surface area contributed by atoms with Gasteiger partial charge in [0.2, 0.25) is 5.91 Å². The van der Waals surface area contributed by atoms with E-state index in [9.17, 15) is 36.2 Å². The molecule has 4 rings (SSSR count). The van der Waals surface area contributed by atoms with Gasteiger partial charge >= 0.3 is 12.4 Å². The topological polar surface area (TPSA) is 52.6 Å². The van der Waals surface area contributed by atoms with Gasteiger partial charge in [-0.3, -0.25) is 9.69 Å². The number of carbonyl (C=O) groups excluding carboxylic acids is 1. The normalized spacial score (nSPS) is 31.8. The van der Waals surface area contributed by atoms with Crippen LogP contribution in [0.25, 0.3) is 0 Å². The van der Waals surface area contributed by atoms with Crippen LogP contribution in [0.15, 0.2) is 18.2 Å². The molecule has 4 nitrogen and oxygen atoms in total. The molecule has 196 valence electrons. The van der Waals surface area contributed by atoms with Crippen molar-refractivity contribution < 1.29 is 36.2 Å². The first-order valence-electron chi connectivity index (χ1n) is 12.2. The Balaban J connectivity index is 1.50. The molecular weight excluding hydrogens is 474 g/mol. The molecule has 2 bridgehead atoms. The van der Waals surface area contributed by atoms with Gasteiger partial charge in [0.1, 0.15) is 0 Å². The number of alkyl halides is 6. The van der Waals surface area contributed by atoms with Crippen molar-refractivity contribution in [3.8, 4) is 0 Å². The Kier molecular flexibility index (Phi) is 6.94. The summed E-state index contributed by atoms with van der Waals surface area (Å²) < 4.78 is 79.1. The fraction of sp³-hybridized carbons (Fsp3) is 0.720. The third kappa shape index (κ3) is 5.19. The van der Waals surface area contributed by atoms with Crippen LogP contribution < -0.4 is 5.32 Å². The second-order valence-electron chi connectivity index (χ2n) is 10.8. The molecule has 3 fully saturated rings. The summed E-state index contributed by atoms with van der Waals surface area (Å²) in [5.74, 6) is -0.377. The number of hydrogen-bond donors (Lipinski definition) is 2. The van der Waals surface area contributed by atoms with Crippen LogP contribution >= 0.6 is 0 Å². The van der Waals surface area contributed by atoms with E-state index in [2.05, 4.69) is 10.2 Å². The number of nitrogens with zero attached hydrogens (tertiary/aromatic N) is 1. The second-order valence-corrected chi connectivity index (χ2v) is 10.8. The number of hydrogen-bond acceptors (Lipinski definition) is 3. The van der Waals surface area contributed by atoms with Gasteiger partial charge in [-0.05, 0) is 74.6 Å². The summed E-state index contributed by atoms with van der Waals surface area (Å²) >= 11 is 0. The fourth-order valence-electron chi connectivity index (χ4n) is 6.56. The lowest BCUT2D eigenvalue weighted by atomic mass is 9.74. The Bertz CT molecular complexity index is 901. The molecule has 1 saturated carbocycles. The third-order valence-corrected chi connectivity index (χ3v) is 8.37. The first-order valence-corrected chi connectivity index (χ1v) is 12.2. The molecule has 2 heterocycles. The van der Waals surface area contributed by atoms with Crippen LogP contribution in [0.5, 0.6) is 0 Å². The van der Waals surface area contributed by atoms with Crippen LogP contribution in [0.1, 0.15) is 75.5 Å². The van der Waals surface area contributed by atoms with Crippen LogP contribution in [0, 0.1) is 11.3 Å². The van der Waals surface area contributed by atoms with Crippen LogP contribution in [0.4, 0.5) is 26.3 Å². The number of halogens is 6. The van der Waals surface area contributed by atoms with E-state index in [0.29, 0.717) is 37.1 Å². The molecule has 1 aliphatic carbocycles. The lowest BCUT2D eigenvalue weighted by Crippen LogP contribution is -2.50. The van der Waals surface area contributed by atoms with E-state index in [4.69, 9.17) is 0 Å². The molecule has 0 aromatic heterocycles. The maximum Gasteiger partial charge on any atom is 0.416 e. The van der Waals surface area contributed by atoms with E-state index in [1.54, 1.807) is 0 Å². The van der Waals surface area contributed by atoms with Gasteiger partial charge in [0, 0.05) is 24.7 Å². The van der Waals surface area contributed by atoms with Gasteiger partial charge in [-0.25, -0.2) is 0 Å². The van der Waals surface area contributed by atoms with Gasteiger partial charge in [0.05, 0.1) is 22.6 Å². The van der Waals surface area contributed by atoms with Gasteiger partial charge in [-0.1, -0.05) is 13.8 Å². The second kappa shape index (κ2) is 9.25.